The summed E-state index contributed by atoms with van der Waals surface area (Å²) in [5, 5.41) is 5.35. The molecule has 0 saturated heterocycles. The summed E-state index contributed by atoms with van der Waals surface area (Å²) in [6.45, 7) is 5.98. The fourth-order valence-electron chi connectivity index (χ4n) is 1.46. The van der Waals surface area contributed by atoms with Crippen LogP contribution in [0.4, 0.5) is 0 Å². The molecule has 1 rings (SSSR count). The van der Waals surface area contributed by atoms with E-state index in [0.717, 1.165) is 5.56 Å². The van der Waals surface area contributed by atoms with Crippen molar-refractivity contribution >= 4 is 17.9 Å². The molecule has 0 saturated carbocycles. The number of benzene rings is 1. The lowest BCUT2D eigenvalue weighted by atomic mass is 10.1. The van der Waals surface area contributed by atoms with E-state index >= 15 is 0 Å². The predicted octanol–water partition coefficient (Wildman–Crippen LogP) is 1.94. The molecule has 0 aliphatic heterocycles. The molecule has 0 heterocycles. The van der Waals surface area contributed by atoms with E-state index in [-0.39, 0.29) is 17.5 Å². The first-order valence-electron chi connectivity index (χ1n) is 6.31. The fraction of sp³-hybridized carbons (Fsp3) is 0.333. The third-order valence-corrected chi connectivity index (χ3v) is 2.34. The summed E-state index contributed by atoms with van der Waals surface area (Å²) >= 11 is 0. The van der Waals surface area contributed by atoms with Gasteiger partial charge in [-0.05, 0) is 17.6 Å². The van der Waals surface area contributed by atoms with E-state index in [4.69, 9.17) is 0 Å². The maximum absolute atomic E-state index is 12.0. The highest BCUT2D eigenvalue weighted by molar-refractivity contribution is 6.00. The molecule has 2 N–H and O–H groups in total. The van der Waals surface area contributed by atoms with Gasteiger partial charge >= 0.3 is 0 Å². The second-order valence-electron chi connectivity index (χ2n) is 4.75. The molecule has 0 fully saturated rings. The van der Waals surface area contributed by atoms with Gasteiger partial charge in [0.25, 0.3) is 5.91 Å². The summed E-state index contributed by atoms with van der Waals surface area (Å²) in [6.07, 6.45) is 1.66. The molecular formula is C15H20N2O2. The molecule has 2 amide bonds. The molecule has 0 aliphatic carbocycles. The molecule has 4 nitrogen and oxygen atoms in total. The Labute approximate surface area is 113 Å². The Hall–Kier alpha value is -2.10. The van der Waals surface area contributed by atoms with Crippen LogP contribution in [0.1, 0.15) is 26.3 Å². The quantitative estimate of drug-likeness (QED) is 0.795. The van der Waals surface area contributed by atoms with Gasteiger partial charge in [-0.15, -0.1) is 0 Å². The van der Waals surface area contributed by atoms with Crippen LogP contribution < -0.4 is 10.6 Å². The van der Waals surface area contributed by atoms with Crippen molar-refractivity contribution in [3.05, 3.63) is 41.6 Å². The summed E-state index contributed by atoms with van der Waals surface area (Å²) in [6, 6.07) is 9.40. The summed E-state index contributed by atoms with van der Waals surface area (Å²) < 4.78 is 0. The summed E-state index contributed by atoms with van der Waals surface area (Å²) in [7, 11) is 0. The van der Waals surface area contributed by atoms with Gasteiger partial charge in [0.05, 0.1) is 0 Å². The largest absolute Gasteiger partial charge is 0.351 e. The van der Waals surface area contributed by atoms with E-state index in [9.17, 15) is 9.59 Å². The maximum Gasteiger partial charge on any atom is 0.267 e. The van der Waals surface area contributed by atoms with Crippen LogP contribution in [-0.4, -0.2) is 18.4 Å². The molecule has 0 spiro atoms. The van der Waals surface area contributed by atoms with Gasteiger partial charge in [-0.2, -0.15) is 0 Å². The van der Waals surface area contributed by atoms with Crippen molar-refractivity contribution in [3.8, 4) is 0 Å². The van der Waals surface area contributed by atoms with Crippen molar-refractivity contribution < 1.29 is 9.59 Å². The summed E-state index contributed by atoms with van der Waals surface area (Å²) in [5.74, 6) is -0.172. The van der Waals surface area contributed by atoms with Gasteiger partial charge in [0.15, 0.2) is 0 Å². The van der Waals surface area contributed by atoms with Gasteiger partial charge in [-0.25, -0.2) is 0 Å². The van der Waals surface area contributed by atoms with Crippen LogP contribution in [0, 0.1) is 5.92 Å². The van der Waals surface area contributed by atoms with Crippen molar-refractivity contribution in [2.75, 3.05) is 6.54 Å². The van der Waals surface area contributed by atoms with Crippen LogP contribution in [0.5, 0.6) is 0 Å². The van der Waals surface area contributed by atoms with Crippen LogP contribution >= 0.6 is 0 Å². The van der Waals surface area contributed by atoms with Gasteiger partial charge in [-0.3, -0.25) is 9.59 Å². The molecule has 4 heteroatoms. The Balaban J connectivity index is 2.85. The Bertz CT molecular complexity index is 464. The number of hydrogen-bond donors (Lipinski definition) is 2. The standard InChI is InChI=1S/C15H20N2O2/c1-11(2)10-16-15(19)14(17-12(3)18)9-13-7-5-4-6-8-13/h4-9,11H,10H2,1-3H3,(H,16,19)(H,17,18). The van der Waals surface area contributed by atoms with Crippen molar-refractivity contribution in [2.24, 2.45) is 5.92 Å². The summed E-state index contributed by atoms with van der Waals surface area (Å²) in [5.41, 5.74) is 1.13. The molecule has 1 aromatic rings. The molecule has 0 aliphatic rings. The fourth-order valence-corrected chi connectivity index (χ4v) is 1.46. The van der Waals surface area contributed by atoms with Crippen molar-refractivity contribution in [1.29, 1.82) is 0 Å². The second-order valence-corrected chi connectivity index (χ2v) is 4.75. The van der Waals surface area contributed by atoms with E-state index in [2.05, 4.69) is 10.6 Å². The Kier molecular flexibility index (Phi) is 5.79. The van der Waals surface area contributed by atoms with Crippen LogP contribution in [0.15, 0.2) is 36.0 Å². The lowest BCUT2D eigenvalue weighted by Gasteiger charge is -2.11. The lowest BCUT2D eigenvalue weighted by molar-refractivity contribution is -0.122. The number of carbonyl (C=O) groups is 2. The highest BCUT2D eigenvalue weighted by Crippen LogP contribution is 2.05. The first kappa shape index (κ1) is 15.0. The van der Waals surface area contributed by atoms with Gasteiger partial charge in [0.1, 0.15) is 5.70 Å². The van der Waals surface area contributed by atoms with Crippen LogP contribution in [0.3, 0.4) is 0 Å². The monoisotopic (exact) mass is 260 g/mol. The smallest absolute Gasteiger partial charge is 0.267 e. The minimum Gasteiger partial charge on any atom is -0.351 e. The lowest BCUT2D eigenvalue weighted by Crippen LogP contribution is -2.35. The van der Waals surface area contributed by atoms with E-state index in [1.165, 1.54) is 6.92 Å². The molecule has 1 aromatic carbocycles. The number of amides is 2. The molecule has 0 bridgehead atoms. The van der Waals surface area contributed by atoms with Crippen LogP contribution in [-0.2, 0) is 9.59 Å². The maximum atomic E-state index is 12.0. The zero-order chi connectivity index (χ0) is 14.3. The number of carbonyl (C=O) groups excluding carboxylic acids is 2. The van der Waals surface area contributed by atoms with E-state index in [0.29, 0.717) is 12.5 Å². The summed E-state index contributed by atoms with van der Waals surface area (Å²) in [4.78, 5) is 23.1. The van der Waals surface area contributed by atoms with Gasteiger partial charge < -0.3 is 10.6 Å². The number of rotatable bonds is 5. The predicted molar refractivity (Wildman–Crippen MR) is 76.1 cm³/mol. The van der Waals surface area contributed by atoms with Crippen molar-refractivity contribution in [2.45, 2.75) is 20.8 Å². The minimum absolute atomic E-state index is 0.262. The third kappa shape index (κ3) is 5.86. The first-order chi connectivity index (χ1) is 8.99. The highest BCUT2D eigenvalue weighted by atomic mass is 16.2. The van der Waals surface area contributed by atoms with E-state index < -0.39 is 0 Å². The average molecular weight is 260 g/mol. The molecule has 0 unspecified atom stereocenters. The normalized spacial score (nSPS) is 11.3. The highest BCUT2D eigenvalue weighted by Gasteiger charge is 2.11. The Morgan fingerprint density at radius 3 is 2.37 bits per heavy atom. The van der Waals surface area contributed by atoms with Crippen LogP contribution in [0.2, 0.25) is 0 Å². The van der Waals surface area contributed by atoms with Gasteiger partial charge in [-0.1, -0.05) is 44.2 Å². The van der Waals surface area contributed by atoms with Gasteiger partial charge in [0, 0.05) is 13.5 Å². The molecule has 102 valence electrons. The molecular weight excluding hydrogens is 240 g/mol. The van der Waals surface area contributed by atoms with Crippen LogP contribution in [0.25, 0.3) is 6.08 Å². The second kappa shape index (κ2) is 7.36. The SMILES string of the molecule is CC(=O)NC(=Cc1ccccc1)C(=O)NCC(C)C. The van der Waals surface area contributed by atoms with Crippen molar-refractivity contribution in [3.63, 3.8) is 0 Å². The Morgan fingerprint density at radius 2 is 1.84 bits per heavy atom. The van der Waals surface area contributed by atoms with Gasteiger partial charge in [0.2, 0.25) is 5.91 Å². The number of nitrogens with one attached hydrogen (secondary N) is 2. The van der Waals surface area contributed by atoms with E-state index in [1.807, 2.05) is 44.2 Å². The zero-order valence-electron chi connectivity index (χ0n) is 11.6. The zero-order valence-corrected chi connectivity index (χ0v) is 11.6. The minimum atomic E-state index is -0.271. The molecule has 0 aromatic heterocycles. The third-order valence-electron chi connectivity index (χ3n) is 2.34. The number of hydrogen-bond acceptors (Lipinski definition) is 2. The molecule has 19 heavy (non-hydrogen) atoms. The van der Waals surface area contributed by atoms with Crippen molar-refractivity contribution in [1.82, 2.24) is 10.6 Å². The molecule has 0 atom stereocenters. The first-order valence-corrected chi connectivity index (χ1v) is 6.31. The molecule has 0 radical (unpaired) electrons. The van der Waals surface area contributed by atoms with E-state index in [1.54, 1.807) is 6.08 Å². The topological polar surface area (TPSA) is 58.2 Å². The Morgan fingerprint density at radius 1 is 1.21 bits per heavy atom. The average Bonchev–Trinajstić information content (AvgIpc) is 2.36.